The summed E-state index contributed by atoms with van der Waals surface area (Å²) in [7, 11) is 0. The summed E-state index contributed by atoms with van der Waals surface area (Å²) in [4.78, 5) is 0. The molecule has 0 radical (unpaired) electrons. The first kappa shape index (κ1) is 8.44. The second-order valence-electron chi connectivity index (χ2n) is 3.27. The molecule has 0 amide bonds. The molecule has 2 rings (SSSR count). The number of allylic oxidation sites excluding steroid dienone is 8. The van der Waals surface area contributed by atoms with Crippen LogP contribution in [0.25, 0.3) is 0 Å². The summed E-state index contributed by atoms with van der Waals surface area (Å²) in [5.41, 5.74) is 0. The Labute approximate surface area is 85.0 Å². The maximum atomic E-state index is 2.50. The van der Waals surface area contributed by atoms with Crippen molar-refractivity contribution in [1.29, 1.82) is 0 Å². The van der Waals surface area contributed by atoms with Crippen molar-refractivity contribution in [3.05, 3.63) is 43.0 Å². The molecule has 12 heavy (non-hydrogen) atoms. The van der Waals surface area contributed by atoms with Crippen LogP contribution in [0.1, 0.15) is 15.7 Å². The number of hydrogen-bond donors (Lipinski definition) is 0. The van der Waals surface area contributed by atoms with Gasteiger partial charge in [0.1, 0.15) is 0 Å². The van der Waals surface area contributed by atoms with Crippen LogP contribution in [0.2, 0.25) is 4.63 Å². The van der Waals surface area contributed by atoms with Gasteiger partial charge in [0.2, 0.25) is 0 Å². The Balaban J connectivity index is 0.000000845. The largest absolute Gasteiger partial charge is 1.00 e. The molecule has 1 heteroatoms. The normalized spacial score (nSPS) is 19.8. The number of rotatable bonds is 2. The van der Waals surface area contributed by atoms with E-state index in [0.717, 1.165) is 0 Å². The van der Waals surface area contributed by atoms with Crippen molar-refractivity contribution in [3.63, 3.8) is 0 Å². The van der Waals surface area contributed by atoms with E-state index in [1.807, 2.05) is 0 Å². The monoisotopic (exact) mass is 237 g/mol. The van der Waals surface area contributed by atoms with Crippen LogP contribution in [0.4, 0.5) is 0 Å². The first-order chi connectivity index (χ1) is 5.88. The second-order valence-corrected chi connectivity index (χ2v) is 9.50. The zero-order chi connectivity index (χ0) is 8.39. The molecule has 0 bridgehead atoms. The minimum atomic E-state index is -1.27. The molecule has 0 fully saturated rings. The Morgan fingerprint density at radius 3 is 1.92 bits per heavy atom. The molecule has 63 valence electrons. The summed E-state index contributed by atoms with van der Waals surface area (Å²) in [6.45, 7) is 0. The van der Waals surface area contributed by atoms with Gasteiger partial charge in [-0.05, 0) is 0 Å². The van der Waals surface area contributed by atoms with E-state index >= 15 is 0 Å². The molecule has 0 aliphatic heterocycles. The minimum Gasteiger partial charge on any atom is -1.00 e. The van der Waals surface area contributed by atoms with Gasteiger partial charge in [-0.25, -0.2) is 0 Å². The van der Waals surface area contributed by atoms with Gasteiger partial charge in [0.15, 0.2) is 0 Å². The van der Waals surface area contributed by atoms with E-state index in [2.05, 4.69) is 41.1 Å². The van der Waals surface area contributed by atoms with Gasteiger partial charge in [-0.3, -0.25) is 0 Å². The Kier molecular flexibility index (Phi) is 2.61. The standard InChI is InChI=1S/2C5H5.CH3.Zr.2H/c2*1-2-4-5-3-1;;;;/h2*1-3H,4H2;1H3;;;/q;;;+2;2*-1. The predicted octanol–water partition coefficient (Wildman–Crippen LogP) is 3.57. The molecule has 0 saturated heterocycles. The van der Waals surface area contributed by atoms with Crippen LogP contribution in [0.3, 0.4) is 0 Å². The van der Waals surface area contributed by atoms with Crippen LogP contribution in [0, 0.1) is 0 Å². The van der Waals surface area contributed by atoms with Gasteiger partial charge in [0.05, 0.1) is 0 Å². The third-order valence-electron chi connectivity index (χ3n) is 2.51. The molecule has 0 unspecified atom stereocenters. The molecule has 2 aliphatic rings. The molecule has 2 aliphatic carbocycles. The Hall–Kier alpha value is -0.157. The van der Waals surface area contributed by atoms with Crippen LogP contribution in [-0.2, 0) is 21.8 Å². The van der Waals surface area contributed by atoms with Crippen molar-refractivity contribution in [1.82, 2.24) is 0 Å². The van der Waals surface area contributed by atoms with Crippen LogP contribution in [-0.4, -0.2) is 0 Å². The smallest absolute Gasteiger partial charge is 1.00 e. The van der Waals surface area contributed by atoms with Gasteiger partial charge >= 0.3 is 82.2 Å². The molecule has 0 atom stereocenters. The predicted molar refractivity (Wildman–Crippen MR) is 51.8 cm³/mol. The number of hydrogen-bond acceptors (Lipinski definition) is 0. The second kappa shape index (κ2) is 3.70. The van der Waals surface area contributed by atoms with Crippen LogP contribution < -0.4 is 0 Å². The molecule has 0 N–H and O–H groups in total. The summed E-state index contributed by atoms with van der Waals surface area (Å²) in [6.07, 6.45) is 16.1. The van der Waals surface area contributed by atoms with Crippen LogP contribution in [0.15, 0.2) is 43.0 Å². The van der Waals surface area contributed by atoms with Gasteiger partial charge < -0.3 is 2.85 Å². The average molecular weight is 238 g/mol. The molecule has 0 aromatic rings. The van der Waals surface area contributed by atoms with Gasteiger partial charge in [0, 0.05) is 0 Å². The minimum absolute atomic E-state index is 0. The van der Waals surface area contributed by atoms with Gasteiger partial charge in [-0.1, -0.05) is 0 Å². The molecular formula is C11H15Zr. The molecule has 0 heterocycles. The molecule has 0 spiro atoms. The van der Waals surface area contributed by atoms with Crippen LogP contribution in [0.5, 0.6) is 0 Å². The maximum Gasteiger partial charge on any atom is -1.00 e. The van der Waals surface area contributed by atoms with Crippen molar-refractivity contribution in [3.8, 4) is 0 Å². The molecule has 0 nitrogen and oxygen atoms in total. The van der Waals surface area contributed by atoms with Gasteiger partial charge in [-0.2, -0.15) is 0 Å². The summed E-state index contributed by atoms with van der Waals surface area (Å²) < 4.78 is 6.01. The van der Waals surface area contributed by atoms with E-state index in [1.54, 1.807) is 6.56 Å². The quantitative estimate of drug-likeness (QED) is 0.690. The first-order valence-electron chi connectivity index (χ1n) is 4.43. The van der Waals surface area contributed by atoms with Crippen molar-refractivity contribution in [2.75, 3.05) is 0 Å². The average Bonchev–Trinajstić information content (AvgIpc) is 2.77. The maximum absolute atomic E-state index is 2.50. The van der Waals surface area contributed by atoms with Gasteiger partial charge in [0.25, 0.3) is 0 Å². The van der Waals surface area contributed by atoms with Crippen molar-refractivity contribution < 1.29 is 24.6 Å². The van der Waals surface area contributed by atoms with E-state index in [9.17, 15) is 0 Å². The van der Waals surface area contributed by atoms with Crippen LogP contribution >= 0.6 is 0 Å². The Morgan fingerprint density at radius 2 is 1.58 bits per heavy atom. The molecule has 0 aromatic carbocycles. The summed E-state index contributed by atoms with van der Waals surface area (Å²) in [6, 6.07) is 0. The zero-order valence-electron chi connectivity index (χ0n) is 9.38. The molecule has 0 aromatic heterocycles. The fourth-order valence-corrected chi connectivity index (χ4v) is 6.46. The zero-order valence-corrected chi connectivity index (χ0v) is 9.84. The van der Waals surface area contributed by atoms with Crippen molar-refractivity contribution >= 4 is 0 Å². The fraction of sp³-hybridized carbons (Fsp3) is 0.273. The van der Waals surface area contributed by atoms with E-state index in [0.29, 0.717) is 0 Å². The molecular weight excluding hydrogens is 223 g/mol. The van der Waals surface area contributed by atoms with Crippen molar-refractivity contribution in [2.45, 2.75) is 17.5 Å². The summed E-state index contributed by atoms with van der Waals surface area (Å²) in [5.74, 6) is 0. The van der Waals surface area contributed by atoms with E-state index in [-0.39, 0.29) is 2.85 Å². The fourth-order valence-electron chi connectivity index (χ4n) is 1.66. The Bertz CT molecular complexity index is 270. The topological polar surface area (TPSA) is 0 Å². The summed E-state index contributed by atoms with van der Waals surface area (Å²) in [5, 5.41) is 0. The summed E-state index contributed by atoms with van der Waals surface area (Å²) >= 11 is -1.27. The van der Waals surface area contributed by atoms with E-state index in [4.69, 9.17) is 0 Å². The van der Waals surface area contributed by atoms with Gasteiger partial charge in [-0.15, -0.1) is 0 Å². The SMILES string of the molecule is [CH3][Zr+2]([C]1=CC=CC1)[C]1=CC=CC1.[H-].[H-]. The van der Waals surface area contributed by atoms with E-state index < -0.39 is 21.8 Å². The third kappa shape index (κ3) is 1.61. The molecule has 0 saturated carbocycles. The third-order valence-corrected chi connectivity index (χ3v) is 9.06. The first-order valence-corrected chi connectivity index (χ1v) is 9.35. The van der Waals surface area contributed by atoms with E-state index in [1.165, 1.54) is 12.8 Å². The Morgan fingerprint density at radius 1 is 1.08 bits per heavy atom. The van der Waals surface area contributed by atoms with Crippen molar-refractivity contribution in [2.24, 2.45) is 0 Å².